The van der Waals surface area contributed by atoms with E-state index in [1.165, 1.54) is 12.1 Å². The third kappa shape index (κ3) is 4.55. The van der Waals surface area contributed by atoms with Gasteiger partial charge in [-0.25, -0.2) is 8.78 Å². The minimum atomic E-state index is -0.810. The number of amides is 1. The fourth-order valence-electron chi connectivity index (χ4n) is 3.88. The lowest BCUT2D eigenvalue weighted by atomic mass is 9.95. The van der Waals surface area contributed by atoms with E-state index in [1.807, 2.05) is 6.92 Å². The average molecular weight is 351 g/mol. The van der Waals surface area contributed by atoms with Gasteiger partial charge in [-0.2, -0.15) is 0 Å². The molecule has 2 heterocycles. The third-order valence-corrected chi connectivity index (χ3v) is 5.47. The smallest absolute Gasteiger partial charge is 0.237 e. The fraction of sp³-hybridized carbons (Fsp3) is 0.632. The maximum Gasteiger partial charge on any atom is 0.237 e. The Labute approximate surface area is 148 Å². The largest absolute Gasteiger partial charge is 0.354 e. The number of nitrogens with one attached hydrogen (secondary N) is 2. The quantitative estimate of drug-likeness (QED) is 0.857. The van der Waals surface area contributed by atoms with Crippen LogP contribution in [0.4, 0.5) is 8.78 Å². The molecule has 3 rings (SSSR count). The average Bonchev–Trinajstić information content (AvgIpc) is 3.16. The molecule has 2 aliphatic rings. The van der Waals surface area contributed by atoms with Crippen molar-refractivity contribution in [3.63, 3.8) is 0 Å². The molecule has 0 bridgehead atoms. The molecule has 2 aliphatic heterocycles. The summed E-state index contributed by atoms with van der Waals surface area (Å²) >= 11 is 0. The topological polar surface area (TPSA) is 44.4 Å². The molecule has 3 atom stereocenters. The molecule has 1 aromatic rings. The van der Waals surface area contributed by atoms with Crippen molar-refractivity contribution in [2.75, 3.05) is 26.2 Å². The number of benzene rings is 1. The maximum absolute atomic E-state index is 13.5. The molecule has 2 N–H and O–H groups in total. The summed E-state index contributed by atoms with van der Waals surface area (Å²) in [6.07, 6.45) is 4.10. The van der Waals surface area contributed by atoms with Gasteiger partial charge in [-0.15, -0.1) is 0 Å². The first-order valence-corrected chi connectivity index (χ1v) is 9.24. The van der Waals surface area contributed by atoms with Gasteiger partial charge in [0.2, 0.25) is 5.91 Å². The number of rotatable bonds is 5. The normalized spacial score (nSPS) is 25.7. The summed E-state index contributed by atoms with van der Waals surface area (Å²) in [6.45, 7) is 5.42. The zero-order chi connectivity index (χ0) is 17.8. The highest BCUT2D eigenvalue weighted by molar-refractivity contribution is 5.81. The van der Waals surface area contributed by atoms with Crippen molar-refractivity contribution in [2.24, 2.45) is 5.92 Å². The van der Waals surface area contributed by atoms with Gasteiger partial charge in [-0.1, -0.05) is 6.07 Å². The van der Waals surface area contributed by atoms with Crippen molar-refractivity contribution in [1.82, 2.24) is 15.5 Å². The van der Waals surface area contributed by atoms with Crippen molar-refractivity contribution in [3.8, 4) is 0 Å². The molecule has 0 aliphatic carbocycles. The zero-order valence-electron chi connectivity index (χ0n) is 14.7. The Morgan fingerprint density at radius 1 is 1.32 bits per heavy atom. The van der Waals surface area contributed by atoms with Crippen LogP contribution in [0.5, 0.6) is 0 Å². The number of likely N-dealkylation sites (tertiary alicyclic amines) is 1. The molecule has 0 aromatic heterocycles. The second-order valence-corrected chi connectivity index (χ2v) is 7.25. The standard InChI is InChI=1S/C19H27F2N3O/c1-13(15-6-7-16(20)17(21)10-15)24-9-3-4-14(12-24)11-23-19(25)18-5-2-8-22-18/h6-7,10,13-14,18,22H,2-5,8-9,11-12H2,1H3,(H,23,25). The molecule has 138 valence electrons. The number of carbonyl (C=O) groups is 1. The molecular formula is C19H27F2N3O. The Morgan fingerprint density at radius 2 is 2.16 bits per heavy atom. The Hall–Kier alpha value is -1.53. The van der Waals surface area contributed by atoms with Crippen LogP contribution < -0.4 is 10.6 Å². The van der Waals surface area contributed by atoms with Crippen molar-refractivity contribution in [2.45, 2.75) is 44.7 Å². The van der Waals surface area contributed by atoms with Gasteiger partial charge in [-0.05, 0) is 69.3 Å². The van der Waals surface area contributed by atoms with Crippen LogP contribution in [0.1, 0.15) is 44.2 Å². The second kappa shape index (κ2) is 8.23. The van der Waals surface area contributed by atoms with Crippen LogP contribution in [0.15, 0.2) is 18.2 Å². The predicted octanol–water partition coefficient (Wildman–Crippen LogP) is 2.61. The summed E-state index contributed by atoms with van der Waals surface area (Å²) in [6, 6.07) is 4.13. The zero-order valence-corrected chi connectivity index (χ0v) is 14.7. The van der Waals surface area contributed by atoms with Gasteiger partial charge in [0.05, 0.1) is 6.04 Å². The second-order valence-electron chi connectivity index (χ2n) is 7.25. The van der Waals surface area contributed by atoms with Crippen LogP contribution in [0.25, 0.3) is 0 Å². The Balaban J connectivity index is 1.53. The summed E-state index contributed by atoms with van der Waals surface area (Å²) in [5.74, 6) is -1.11. The van der Waals surface area contributed by atoms with Gasteiger partial charge in [-0.3, -0.25) is 9.69 Å². The highest BCUT2D eigenvalue weighted by atomic mass is 19.2. The maximum atomic E-state index is 13.5. The van der Waals surface area contributed by atoms with E-state index in [-0.39, 0.29) is 18.0 Å². The van der Waals surface area contributed by atoms with Crippen molar-refractivity contribution in [3.05, 3.63) is 35.4 Å². The lowest BCUT2D eigenvalue weighted by molar-refractivity contribution is -0.123. The van der Waals surface area contributed by atoms with Crippen LogP contribution in [0.2, 0.25) is 0 Å². The van der Waals surface area contributed by atoms with Crippen LogP contribution >= 0.6 is 0 Å². The lowest BCUT2D eigenvalue weighted by Gasteiger charge is -2.37. The minimum absolute atomic E-state index is 0.0325. The molecule has 0 radical (unpaired) electrons. The Bertz CT molecular complexity index is 604. The molecule has 6 heteroatoms. The lowest BCUT2D eigenvalue weighted by Crippen LogP contribution is -2.45. The first kappa shape index (κ1) is 18.3. The van der Waals surface area contributed by atoms with Crippen molar-refractivity contribution >= 4 is 5.91 Å². The Kier molecular flexibility index (Phi) is 6.02. The molecule has 0 saturated carbocycles. The number of halogens is 2. The fourth-order valence-corrected chi connectivity index (χ4v) is 3.88. The van der Waals surface area contributed by atoms with E-state index >= 15 is 0 Å². The summed E-state index contributed by atoms with van der Waals surface area (Å²) < 4.78 is 26.6. The van der Waals surface area contributed by atoms with E-state index in [9.17, 15) is 13.6 Å². The first-order valence-electron chi connectivity index (χ1n) is 9.24. The van der Waals surface area contributed by atoms with Crippen LogP contribution in [0, 0.1) is 17.6 Å². The van der Waals surface area contributed by atoms with Gasteiger partial charge in [0.15, 0.2) is 11.6 Å². The van der Waals surface area contributed by atoms with Crippen LogP contribution in [-0.4, -0.2) is 43.0 Å². The van der Waals surface area contributed by atoms with E-state index in [1.54, 1.807) is 6.07 Å². The Morgan fingerprint density at radius 3 is 2.88 bits per heavy atom. The van der Waals surface area contributed by atoms with E-state index < -0.39 is 11.6 Å². The number of piperidine rings is 1. The van der Waals surface area contributed by atoms with Crippen LogP contribution in [-0.2, 0) is 4.79 Å². The number of nitrogens with zero attached hydrogens (tertiary/aromatic N) is 1. The van der Waals surface area contributed by atoms with E-state index in [4.69, 9.17) is 0 Å². The molecule has 1 amide bonds. The van der Waals surface area contributed by atoms with E-state index in [2.05, 4.69) is 15.5 Å². The molecular weight excluding hydrogens is 324 g/mol. The number of hydrogen-bond donors (Lipinski definition) is 2. The third-order valence-electron chi connectivity index (χ3n) is 5.47. The summed E-state index contributed by atoms with van der Waals surface area (Å²) in [5.41, 5.74) is 0.791. The van der Waals surface area contributed by atoms with Gasteiger partial charge in [0, 0.05) is 19.1 Å². The first-order chi connectivity index (χ1) is 12.0. The summed E-state index contributed by atoms with van der Waals surface area (Å²) in [7, 11) is 0. The summed E-state index contributed by atoms with van der Waals surface area (Å²) in [4.78, 5) is 14.4. The molecule has 2 saturated heterocycles. The van der Waals surface area contributed by atoms with E-state index in [0.717, 1.165) is 50.9 Å². The molecule has 3 unspecified atom stereocenters. The van der Waals surface area contributed by atoms with Crippen LogP contribution in [0.3, 0.4) is 0 Å². The molecule has 2 fully saturated rings. The number of hydrogen-bond acceptors (Lipinski definition) is 3. The number of carbonyl (C=O) groups excluding carboxylic acids is 1. The molecule has 4 nitrogen and oxygen atoms in total. The molecule has 1 aromatic carbocycles. The van der Waals surface area contributed by atoms with Gasteiger partial charge < -0.3 is 10.6 Å². The van der Waals surface area contributed by atoms with E-state index in [0.29, 0.717) is 12.5 Å². The van der Waals surface area contributed by atoms with Gasteiger partial charge in [0.1, 0.15) is 0 Å². The van der Waals surface area contributed by atoms with Gasteiger partial charge in [0.25, 0.3) is 0 Å². The highest BCUT2D eigenvalue weighted by Crippen LogP contribution is 2.27. The molecule has 0 spiro atoms. The van der Waals surface area contributed by atoms with Crippen molar-refractivity contribution < 1.29 is 13.6 Å². The molecule has 25 heavy (non-hydrogen) atoms. The minimum Gasteiger partial charge on any atom is -0.354 e. The van der Waals surface area contributed by atoms with Gasteiger partial charge >= 0.3 is 0 Å². The van der Waals surface area contributed by atoms with Crippen molar-refractivity contribution in [1.29, 1.82) is 0 Å². The monoisotopic (exact) mass is 351 g/mol. The summed E-state index contributed by atoms with van der Waals surface area (Å²) in [5, 5.41) is 6.29. The SMILES string of the molecule is CC(c1ccc(F)c(F)c1)N1CCCC(CNC(=O)C2CCCN2)C1. The predicted molar refractivity (Wildman–Crippen MR) is 93.1 cm³/mol. The highest BCUT2D eigenvalue weighted by Gasteiger charge is 2.27.